The fourth-order valence-electron chi connectivity index (χ4n) is 5.24. The van der Waals surface area contributed by atoms with Crippen LogP contribution in [0.2, 0.25) is 0 Å². The van der Waals surface area contributed by atoms with Gasteiger partial charge < -0.3 is 0 Å². The Balaban J connectivity index is 0.00000194. The molecule has 0 heterocycles. The van der Waals surface area contributed by atoms with E-state index < -0.39 is 32.6 Å². The Labute approximate surface area is 235 Å². The van der Waals surface area contributed by atoms with Gasteiger partial charge in [0.15, 0.2) is 0 Å². The molecule has 0 N–H and O–H groups in total. The van der Waals surface area contributed by atoms with Crippen molar-refractivity contribution in [1.82, 2.24) is 9.34 Å². The van der Waals surface area contributed by atoms with Crippen molar-refractivity contribution in [1.29, 1.82) is 0 Å². The van der Waals surface area contributed by atoms with E-state index in [0.717, 1.165) is 35.7 Å². The van der Waals surface area contributed by atoms with Crippen molar-refractivity contribution in [3.05, 3.63) is 71.8 Å². The predicted octanol–water partition coefficient (Wildman–Crippen LogP) is 9.26. The average molecular weight is 741 g/mol. The number of halogens is 2. The van der Waals surface area contributed by atoms with Gasteiger partial charge in [-0.3, -0.25) is 0 Å². The Morgan fingerprint density at radius 3 is 1.06 bits per heavy atom. The van der Waals surface area contributed by atoms with Crippen LogP contribution in [0.3, 0.4) is 0 Å². The van der Waals surface area contributed by atoms with Gasteiger partial charge in [0.25, 0.3) is 0 Å². The SMILES string of the molecule is CC(C)[PH+](C(C)C)N(CCN(Cc1ccccc1)[PH+](C(C)C)C(C)C)Cc1ccccc1.[Cl][Pt][Cl]. The Bertz CT molecular complexity index is 698. The van der Waals surface area contributed by atoms with Gasteiger partial charge in [-0.2, -0.15) is 9.34 Å². The average Bonchev–Trinajstić information content (AvgIpc) is 2.78. The summed E-state index contributed by atoms with van der Waals surface area (Å²) in [6, 6.07) is 22.2. The molecule has 0 aliphatic carbocycles. The van der Waals surface area contributed by atoms with Crippen molar-refractivity contribution in [2.75, 3.05) is 13.1 Å². The second-order valence-corrected chi connectivity index (χ2v) is 21.2. The predicted molar refractivity (Wildman–Crippen MR) is 163 cm³/mol. The van der Waals surface area contributed by atoms with Crippen molar-refractivity contribution < 1.29 is 16.5 Å². The molecule has 2 aromatic carbocycles. The summed E-state index contributed by atoms with van der Waals surface area (Å²) in [5.74, 6) is 0. The van der Waals surface area contributed by atoms with E-state index >= 15 is 0 Å². The van der Waals surface area contributed by atoms with E-state index in [1.54, 1.807) is 0 Å². The third-order valence-corrected chi connectivity index (χ3v) is 13.1. The van der Waals surface area contributed by atoms with Gasteiger partial charge in [-0.1, -0.05) is 60.7 Å². The van der Waals surface area contributed by atoms with E-state index in [1.807, 2.05) is 0 Å². The molecule has 0 aliphatic rings. The summed E-state index contributed by atoms with van der Waals surface area (Å²) in [6.45, 7) is 24.0. The Morgan fingerprint density at radius 1 is 0.571 bits per heavy atom. The van der Waals surface area contributed by atoms with Crippen LogP contribution < -0.4 is 0 Å². The fraction of sp³-hybridized carbons (Fsp3) is 0.571. The molecule has 2 nitrogen and oxygen atoms in total. The molecule has 7 heteroatoms. The maximum atomic E-state index is 4.88. The Morgan fingerprint density at radius 2 is 0.829 bits per heavy atom. The molecule has 0 aliphatic heterocycles. The Hall–Kier alpha value is 0.488. The first-order valence-electron chi connectivity index (χ1n) is 12.8. The molecule has 2 rings (SSSR count). The second-order valence-electron chi connectivity index (χ2n) is 10.3. The molecule has 0 saturated heterocycles. The number of rotatable bonds is 13. The molecule has 0 bridgehead atoms. The van der Waals surface area contributed by atoms with Crippen molar-refractivity contribution in [2.24, 2.45) is 0 Å². The summed E-state index contributed by atoms with van der Waals surface area (Å²) in [6.07, 6.45) is 0. The van der Waals surface area contributed by atoms with Gasteiger partial charge in [0.2, 0.25) is 0 Å². The molecule has 0 spiro atoms. The summed E-state index contributed by atoms with van der Waals surface area (Å²) < 4.78 is 5.74. The zero-order valence-corrected chi connectivity index (χ0v) is 28.7. The van der Waals surface area contributed by atoms with Crippen LogP contribution >= 0.6 is 35.0 Å². The van der Waals surface area contributed by atoms with E-state index in [4.69, 9.17) is 18.8 Å². The summed E-state index contributed by atoms with van der Waals surface area (Å²) in [5.41, 5.74) is 5.86. The first-order chi connectivity index (χ1) is 16.6. The van der Waals surface area contributed by atoms with Gasteiger partial charge in [-0.15, -0.1) is 0 Å². The third-order valence-electron chi connectivity index (χ3n) is 6.17. The van der Waals surface area contributed by atoms with Crippen LogP contribution in [0.1, 0.15) is 66.5 Å². The molecule has 0 fully saturated rings. The van der Waals surface area contributed by atoms with Crippen molar-refractivity contribution in [3.8, 4) is 0 Å². The first kappa shape index (κ1) is 33.5. The van der Waals surface area contributed by atoms with Crippen molar-refractivity contribution >= 4 is 35.0 Å². The standard InChI is InChI=1S/C28H46N2P2.2ClH.Pt/c1-23(2)31(24(3)4)29(21-27-15-11-9-12-16-27)19-20-30(32(25(5)6)26(7)8)22-28-17-13-10-14-18-28;;;/h9-18,23-26H,19-22H2,1-8H3;2*1H;/q;;;+2. The molecular weight excluding hydrogens is 692 g/mol. The van der Waals surface area contributed by atoms with E-state index in [2.05, 4.69) is 125 Å². The number of hydrogen-bond donors (Lipinski definition) is 0. The fourth-order valence-corrected chi connectivity index (χ4v) is 12.3. The quantitative estimate of drug-likeness (QED) is 0.189. The third kappa shape index (κ3) is 12.7. The normalized spacial score (nSPS) is 12.2. The van der Waals surface area contributed by atoms with Crippen molar-refractivity contribution in [3.63, 3.8) is 0 Å². The molecule has 0 aromatic heterocycles. The number of hydrogen-bond acceptors (Lipinski definition) is 2. The van der Waals surface area contributed by atoms with Crippen molar-refractivity contribution in [2.45, 2.75) is 91.1 Å². The topological polar surface area (TPSA) is 6.48 Å². The van der Waals surface area contributed by atoms with Crippen LogP contribution in [-0.4, -0.2) is 45.1 Å². The molecule has 0 atom stereocenters. The Kier molecular flexibility index (Phi) is 17.9. The van der Waals surface area contributed by atoms with E-state index in [1.165, 1.54) is 24.2 Å². The summed E-state index contributed by atoms with van der Waals surface area (Å²) in [4.78, 5) is 0. The summed E-state index contributed by atoms with van der Waals surface area (Å²) in [7, 11) is 8.49. The van der Waals surface area contributed by atoms with Gasteiger partial charge >= 0.3 is 35.3 Å². The molecule has 0 amide bonds. The van der Waals surface area contributed by atoms with E-state index in [-0.39, 0.29) is 0 Å². The zero-order valence-electron chi connectivity index (χ0n) is 22.9. The van der Waals surface area contributed by atoms with Crippen LogP contribution in [0.4, 0.5) is 0 Å². The molecule has 0 radical (unpaired) electrons. The zero-order chi connectivity index (χ0) is 26.4. The van der Waals surface area contributed by atoms with E-state index in [0.29, 0.717) is 0 Å². The molecule has 0 saturated carbocycles. The molecule has 35 heavy (non-hydrogen) atoms. The van der Waals surface area contributed by atoms with Gasteiger partial charge in [-0.25, -0.2) is 0 Å². The molecule has 2 aromatic rings. The monoisotopic (exact) mass is 739 g/mol. The van der Waals surface area contributed by atoms with Crippen LogP contribution in [0, 0.1) is 0 Å². The minimum absolute atomic E-state index is 0.472. The van der Waals surface area contributed by atoms with Crippen LogP contribution in [0.15, 0.2) is 60.7 Å². The molecular formula is C28H48Cl2N2P2Pt+2. The molecule has 202 valence electrons. The number of benzene rings is 2. The van der Waals surface area contributed by atoms with Gasteiger partial charge in [0.05, 0.1) is 51.9 Å². The van der Waals surface area contributed by atoms with Gasteiger partial charge in [-0.05, 0) is 66.5 Å². The van der Waals surface area contributed by atoms with Gasteiger partial charge in [0, 0.05) is 13.1 Å². The summed E-state index contributed by atoms with van der Waals surface area (Å²) in [5, 5.41) is 0. The van der Waals surface area contributed by atoms with E-state index in [9.17, 15) is 0 Å². The first-order valence-corrected chi connectivity index (χ1v) is 21.6. The molecule has 0 unspecified atom stereocenters. The van der Waals surface area contributed by atoms with Crippen LogP contribution in [0.5, 0.6) is 0 Å². The second kappa shape index (κ2) is 18.7. The number of nitrogens with zero attached hydrogens (tertiary/aromatic N) is 2. The van der Waals surface area contributed by atoms with Crippen LogP contribution in [-0.2, 0) is 29.6 Å². The minimum atomic E-state index is -0.630. The summed E-state index contributed by atoms with van der Waals surface area (Å²) >= 11 is -0.472. The van der Waals surface area contributed by atoms with Gasteiger partial charge in [0.1, 0.15) is 0 Å². The van der Waals surface area contributed by atoms with Crippen LogP contribution in [0.25, 0.3) is 0 Å². The maximum absolute atomic E-state index is 4.88.